The van der Waals surface area contributed by atoms with Gasteiger partial charge >= 0.3 is 0 Å². The molecular formula is C17H26N2O3S. The van der Waals surface area contributed by atoms with Gasteiger partial charge in [0, 0.05) is 6.04 Å². The summed E-state index contributed by atoms with van der Waals surface area (Å²) < 4.78 is 27.5. The highest BCUT2D eigenvalue weighted by Gasteiger charge is 2.29. The largest absolute Gasteiger partial charge is 0.352 e. The van der Waals surface area contributed by atoms with E-state index in [4.69, 9.17) is 0 Å². The second kappa shape index (κ2) is 7.93. The molecule has 0 aliphatic heterocycles. The molecule has 6 heteroatoms. The van der Waals surface area contributed by atoms with Crippen molar-refractivity contribution in [1.29, 1.82) is 0 Å². The number of carbonyl (C=O) groups is 1. The van der Waals surface area contributed by atoms with E-state index in [2.05, 4.69) is 10.0 Å². The van der Waals surface area contributed by atoms with Crippen molar-refractivity contribution in [2.24, 2.45) is 5.92 Å². The fourth-order valence-corrected chi connectivity index (χ4v) is 4.23. The number of benzene rings is 1. The first-order chi connectivity index (χ1) is 10.9. The Morgan fingerprint density at radius 2 is 1.70 bits per heavy atom. The number of rotatable bonds is 6. The van der Waals surface area contributed by atoms with Gasteiger partial charge in [0.05, 0.1) is 4.90 Å². The molecule has 1 unspecified atom stereocenters. The summed E-state index contributed by atoms with van der Waals surface area (Å²) in [5.74, 6) is -0.358. The maximum absolute atomic E-state index is 12.5. The van der Waals surface area contributed by atoms with Crippen molar-refractivity contribution in [3.8, 4) is 0 Å². The summed E-state index contributed by atoms with van der Waals surface area (Å²) in [5.41, 5.74) is 0. The Kier molecular flexibility index (Phi) is 6.18. The fourth-order valence-electron chi connectivity index (χ4n) is 2.87. The second-order valence-electron chi connectivity index (χ2n) is 6.50. The third-order valence-corrected chi connectivity index (χ3v) is 5.69. The molecule has 1 atom stereocenters. The van der Waals surface area contributed by atoms with E-state index in [9.17, 15) is 13.2 Å². The smallest absolute Gasteiger partial charge is 0.241 e. The minimum absolute atomic E-state index is 0.128. The molecule has 0 bridgehead atoms. The van der Waals surface area contributed by atoms with Gasteiger partial charge in [-0.25, -0.2) is 8.42 Å². The summed E-state index contributed by atoms with van der Waals surface area (Å²) in [6.07, 6.45) is 5.39. The minimum Gasteiger partial charge on any atom is -0.352 e. The molecule has 2 N–H and O–H groups in total. The van der Waals surface area contributed by atoms with Gasteiger partial charge in [0.1, 0.15) is 6.04 Å². The molecule has 23 heavy (non-hydrogen) atoms. The van der Waals surface area contributed by atoms with Crippen LogP contribution in [-0.4, -0.2) is 26.4 Å². The summed E-state index contributed by atoms with van der Waals surface area (Å²) in [4.78, 5) is 12.7. The van der Waals surface area contributed by atoms with E-state index in [1.165, 1.54) is 18.6 Å². The number of hydrogen-bond acceptors (Lipinski definition) is 3. The van der Waals surface area contributed by atoms with E-state index in [1.807, 2.05) is 13.8 Å². The van der Waals surface area contributed by atoms with E-state index >= 15 is 0 Å². The average Bonchev–Trinajstić information content (AvgIpc) is 2.54. The standard InChI is InChI=1S/C17H26N2O3S/c1-13(2)16(17(20)18-14-9-5-3-6-10-14)19-23(21,22)15-11-7-4-8-12-15/h4,7-8,11-14,16,19H,3,5-6,9-10H2,1-2H3,(H,18,20). The van der Waals surface area contributed by atoms with Crippen molar-refractivity contribution in [3.05, 3.63) is 30.3 Å². The zero-order valence-electron chi connectivity index (χ0n) is 13.8. The van der Waals surface area contributed by atoms with Crippen molar-refractivity contribution in [2.75, 3.05) is 0 Å². The molecule has 1 aliphatic rings. The molecule has 1 aromatic rings. The van der Waals surface area contributed by atoms with E-state index in [1.54, 1.807) is 18.2 Å². The third kappa shape index (κ3) is 5.04. The van der Waals surface area contributed by atoms with Crippen LogP contribution in [0, 0.1) is 5.92 Å². The number of carbonyl (C=O) groups excluding carboxylic acids is 1. The molecule has 1 aliphatic carbocycles. The summed E-state index contributed by atoms with van der Waals surface area (Å²) in [7, 11) is -3.70. The van der Waals surface area contributed by atoms with Crippen LogP contribution in [0.2, 0.25) is 0 Å². The maximum atomic E-state index is 12.5. The molecule has 0 radical (unpaired) electrons. The van der Waals surface area contributed by atoms with Crippen LogP contribution < -0.4 is 10.0 Å². The molecule has 2 rings (SSSR count). The molecule has 0 aromatic heterocycles. The summed E-state index contributed by atoms with van der Waals surface area (Å²) in [5, 5.41) is 3.01. The van der Waals surface area contributed by atoms with Crippen molar-refractivity contribution in [2.45, 2.75) is 62.9 Å². The lowest BCUT2D eigenvalue weighted by atomic mass is 9.94. The van der Waals surface area contributed by atoms with Crippen LogP contribution in [0.15, 0.2) is 35.2 Å². The van der Waals surface area contributed by atoms with Gasteiger partial charge < -0.3 is 5.32 Å². The molecule has 0 heterocycles. The molecule has 0 spiro atoms. The first kappa shape index (κ1) is 17.9. The van der Waals surface area contributed by atoms with Crippen LogP contribution in [0.25, 0.3) is 0 Å². The van der Waals surface area contributed by atoms with E-state index in [-0.39, 0.29) is 22.8 Å². The Hall–Kier alpha value is -1.40. The molecule has 5 nitrogen and oxygen atoms in total. The molecule has 1 aromatic carbocycles. The van der Waals surface area contributed by atoms with Gasteiger partial charge in [-0.3, -0.25) is 4.79 Å². The van der Waals surface area contributed by atoms with Crippen LogP contribution >= 0.6 is 0 Å². The van der Waals surface area contributed by atoms with Gasteiger partial charge in [-0.05, 0) is 30.9 Å². The number of sulfonamides is 1. The summed E-state index contributed by atoms with van der Waals surface area (Å²) in [6.45, 7) is 3.69. The highest BCUT2D eigenvalue weighted by molar-refractivity contribution is 7.89. The lowest BCUT2D eigenvalue weighted by molar-refractivity contribution is -0.124. The van der Waals surface area contributed by atoms with Crippen molar-refractivity contribution in [3.63, 3.8) is 0 Å². The zero-order valence-corrected chi connectivity index (χ0v) is 14.6. The summed E-state index contributed by atoms with van der Waals surface area (Å²) >= 11 is 0. The quantitative estimate of drug-likeness (QED) is 0.836. The first-order valence-electron chi connectivity index (χ1n) is 8.28. The molecule has 1 amide bonds. The average molecular weight is 338 g/mol. The lowest BCUT2D eigenvalue weighted by Gasteiger charge is -2.27. The number of amides is 1. The van der Waals surface area contributed by atoms with Gasteiger partial charge in [0.2, 0.25) is 15.9 Å². The molecule has 1 saturated carbocycles. The van der Waals surface area contributed by atoms with Crippen LogP contribution in [-0.2, 0) is 14.8 Å². The topological polar surface area (TPSA) is 75.3 Å². The predicted molar refractivity (Wildman–Crippen MR) is 90.4 cm³/mol. The van der Waals surface area contributed by atoms with Crippen molar-refractivity contribution in [1.82, 2.24) is 10.0 Å². The number of hydrogen-bond donors (Lipinski definition) is 2. The Morgan fingerprint density at radius 3 is 2.26 bits per heavy atom. The molecular weight excluding hydrogens is 312 g/mol. The van der Waals surface area contributed by atoms with E-state index in [0.717, 1.165) is 25.7 Å². The first-order valence-corrected chi connectivity index (χ1v) is 9.76. The Morgan fingerprint density at radius 1 is 1.09 bits per heavy atom. The third-order valence-electron chi connectivity index (χ3n) is 4.24. The SMILES string of the molecule is CC(C)C(NS(=O)(=O)c1ccccc1)C(=O)NC1CCCCC1. The number of nitrogens with one attached hydrogen (secondary N) is 2. The van der Waals surface area contributed by atoms with Crippen molar-refractivity contribution < 1.29 is 13.2 Å². The Bertz CT molecular complexity index is 608. The van der Waals surface area contributed by atoms with Gasteiger partial charge in [0.15, 0.2) is 0 Å². The monoisotopic (exact) mass is 338 g/mol. The molecule has 1 fully saturated rings. The molecule has 128 valence electrons. The minimum atomic E-state index is -3.70. The predicted octanol–water partition coefficient (Wildman–Crippen LogP) is 2.44. The Labute approximate surface area is 138 Å². The maximum Gasteiger partial charge on any atom is 0.241 e. The van der Waals surface area contributed by atoms with Gasteiger partial charge in [-0.1, -0.05) is 51.3 Å². The van der Waals surface area contributed by atoms with Gasteiger partial charge in [-0.15, -0.1) is 0 Å². The van der Waals surface area contributed by atoms with Crippen LogP contribution in [0.4, 0.5) is 0 Å². The van der Waals surface area contributed by atoms with Crippen LogP contribution in [0.3, 0.4) is 0 Å². The van der Waals surface area contributed by atoms with Crippen LogP contribution in [0.1, 0.15) is 46.0 Å². The van der Waals surface area contributed by atoms with E-state index < -0.39 is 16.1 Å². The van der Waals surface area contributed by atoms with E-state index in [0.29, 0.717) is 0 Å². The lowest BCUT2D eigenvalue weighted by Crippen LogP contribution is -2.52. The Balaban J connectivity index is 2.07. The van der Waals surface area contributed by atoms with Gasteiger partial charge in [0.25, 0.3) is 0 Å². The fraction of sp³-hybridized carbons (Fsp3) is 0.588. The molecule has 0 saturated heterocycles. The highest BCUT2D eigenvalue weighted by atomic mass is 32.2. The van der Waals surface area contributed by atoms with Gasteiger partial charge in [-0.2, -0.15) is 4.72 Å². The normalized spacial score (nSPS) is 17.9. The zero-order chi connectivity index (χ0) is 16.9. The summed E-state index contributed by atoms with van der Waals surface area (Å²) in [6, 6.07) is 7.55. The second-order valence-corrected chi connectivity index (χ2v) is 8.21. The van der Waals surface area contributed by atoms with Crippen LogP contribution in [0.5, 0.6) is 0 Å². The highest BCUT2D eigenvalue weighted by Crippen LogP contribution is 2.18. The van der Waals surface area contributed by atoms with Crippen molar-refractivity contribution >= 4 is 15.9 Å².